The van der Waals surface area contributed by atoms with Crippen LogP contribution in [0.3, 0.4) is 0 Å². The van der Waals surface area contributed by atoms with Gasteiger partial charge in [0.05, 0.1) is 6.10 Å². The van der Waals surface area contributed by atoms with Gasteiger partial charge in [-0.2, -0.15) is 0 Å². The molecule has 2 atom stereocenters. The van der Waals surface area contributed by atoms with Crippen LogP contribution in [0.5, 0.6) is 0 Å². The van der Waals surface area contributed by atoms with Gasteiger partial charge in [-0.05, 0) is 39.2 Å². The lowest BCUT2D eigenvalue weighted by Crippen LogP contribution is -2.40. The average molecular weight is 200 g/mol. The predicted octanol–water partition coefficient (Wildman–Crippen LogP) is 1.25. The van der Waals surface area contributed by atoms with Gasteiger partial charge in [-0.25, -0.2) is 4.79 Å². The number of amides is 1. The third-order valence-electron chi connectivity index (χ3n) is 2.61. The molecular formula is C10H20N2O2. The first-order valence-electron chi connectivity index (χ1n) is 5.30. The molecule has 1 rings (SSSR count). The van der Waals surface area contributed by atoms with Crippen LogP contribution in [0.2, 0.25) is 0 Å². The Hall–Kier alpha value is -0.770. The van der Waals surface area contributed by atoms with Crippen molar-refractivity contribution in [3.8, 4) is 0 Å². The van der Waals surface area contributed by atoms with E-state index in [2.05, 4.69) is 5.32 Å². The van der Waals surface area contributed by atoms with Gasteiger partial charge in [0.2, 0.25) is 0 Å². The molecule has 1 saturated carbocycles. The number of hydrogen-bond acceptors (Lipinski definition) is 3. The fourth-order valence-corrected chi connectivity index (χ4v) is 1.91. The van der Waals surface area contributed by atoms with E-state index >= 15 is 0 Å². The molecule has 4 nitrogen and oxygen atoms in total. The van der Waals surface area contributed by atoms with Gasteiger partial charge in [-0.1, -0.05) is 6.42 Å². The number of ether oxygens (including phenoxy) is 1. The van der Waals surface area contributed by atoms with Crippen LogP contribution < -0.4 is 11.1 Å². The minimum absolute atomic E-state index is 0.0623. The van der Waals surface area contributed by atoms with Crippen LogP contribution >= 0.6 is 0 Å². The molecule has 0 aromatic carbocycles. The predicted molar refractivity (Wildman–Crippen MR) is 54.9 cm³/mol. The standard InChI is InChI=1S/C10H20N2O2/c1-7(2)14-10(13)12-9-5-3-4-8(9)6-11/h7-9H,3-6,11H2,1-2H3,(H,12,13). The largest absolute Gasteiger partial charge is 0.447 e. The highest BCUT2D eigenvalue weighted by Crippen LogP contribution is 2.24. The second-order valence-corrected chi connectivity index (χ2v) is 4.13. The van der Waals surface area contributed by atoms with Gasteiger partial charge in [0.1, 0.15) is 0 Å². The van der Waals surface area contributed by atoms with Crippen molar-refractivity contribution in [3.63, 3.8) is 0 Å². The smallest absolute Gasteiger partial charge is 0.407 e. The van der Waals surface area contributed by atoms with Crippen LogP contribution in [-0.2, 0) is 4.74 Å². The molecule has 2 unspecified atom stereocenters. The van der Waals surface area contributed by atoms with E-state index in [1.165, 1.54) is 0 Å². The van der Waals surface area contributed by atoms with E-state index in [4.69, 9.17) is 10.5 Å². The van der Waals surface area contributed by atoms with Crippen molar-refractivity contribution in [2.45, 2.75) is 45.3 Å². The molecule has 82 valence electrons. The lowest BCUT2D eigenvalue weighted by Gasteiger charge is -2.19. The lowest BCUT2D eigenvalue weighted by atomic mass is 10.0. The molecule has 1 aliphatic carbocycles. The number of alkyl carbamates (subject to hydrolysis) is 1. The summed E-state index contributed by atoms with van der Waals surface area (Å²) in [5.74, 6) is 0.426. The fourth-order valence-electron chi connectivity index (χ4n) is 1.91. The van der Waals surface area contributed by atoms with Crippen molar-refractivity contribution < 1.29 is 9.53 Å². The molecule has 0 spiro atoms. The van der Waals surface area contributed by atoms with E-state index in [9.17, 15) is 4.79 Å². The van der Waals surface area contributed by atoms with E-state index in [0.29, 0.717) is 12.5 Å². The van der Waals surface area contributed by atoms with Crippen molar-refractivity contribution in [1.29, 1.82) is 0 Å². The zero-order valence-corrected chi connectivity index (χ0v) is 8.95. The Labute approximate surface area is 85.2 Å². The van der Waals surface area contributed by atoms with Gasteiger partial charge in [-0.15, -0.1) is 0 Å². The van der Waals surface area contributed by atoms with Gasteiger partial charge in [0.25, 0.3) is 0 Å². The van der Waals surface area contributed by atoms with E-state index < -0.39 is 0 Å². The molecule has 14 heavy (non-hydrogen) atoms. The van der Waals surface area contributed by atoms with E-state index in [0.717, 1.165) is 19.3 Å². The summed E-state index contributed by atoms with van der Waals surface area (Å²) in [6.07, 6.45) is 2.91. The van der Waals surface area contributed by atoms with Crippen LogP contribution in [0.1, 0.15) is 33.1 Å². The van der Waals surface area contributed by atoms with Crippen LogP contribution in [0.15, 0.2) is 0 Å². The monoisotopic (exact) mass is 200 g/mol. The summed E-state index contributed by atoms with van der Waals surface area (Å²) in [7, 11) is 0. The molecular weight excluding hydrogens is 180 g/mol. The van der Waals surface area contributed by atoms with Crippen LogP contribution in [0, 0.1) is 5.92 Å². The topological polar surface area (TPSA) is 64.3 Å². The van der Waals surface area contributed by atoms with Gasteiger partial charge >= 0.3 is 6.09 Å². The Morgan fingerprint density at radius 3 is 2.86 bits per heavy atom. The Bertz CT molecular complexity index is 195. The first-order chi connectivity index (χ1) is 6.63. The van der Waals surface area contributed by atoms with E-state index in [1.807, 2.05) is 13.8 Å². The van der Waals surface area contributed by atoms with Crippen molar-refractivity contribution in [2.75, 3.05) is 6.54 Å². The van der Waals surface area contributed by atoms with Crippen molar-refractivity contribution >= 4 is 6.09 Å². The molecule has 0 heterocycles. The maximum Gasteiger partial charge on any atom is 0.407 e. The second kappa shape index (κ2) is 5.20. The summed E-state index contributed by atoms with van der Waals surface area (Å²) in [5, 5.41) is 2.87. The Balaban J connectivity index is 2.32. The highest BCUT2D eigenvalue weighted by Gasteiger charge is 2.27. The number of carbonyl (C=O) groups is 1. The SMILES string of the molecule is CC(C)OC(=O)NC1CCCC1CN. The zero-order valence-electron chi connectivity index (χ0n) is 8.95. The number of hydrogen-bond donors (Lipinski definition) is 2. The number of nitrogens with one attached hydrogen (secondary N) is 1. The maximum absolute atomic E-state index is 11.3. The molecule has 1 amide bonds. The van der Waals surface area contributed by atoms with Gasteiger partial charge in [0, 0.05) is 6.04 Å². The molecule has 0 aromatic heterocycles. The molecule has 0 aliphatic heterocycles. The van der Waals surface area contributed by atoms with E-state index in [1.54, 1.807) is 0 Å². The Kier molecular flexibility index (Phi) is 4.20. The second-order valence-electron chi connectivity index (χ2n) is 4.13. The normalized spacial score (nSPS) is 26.6. The third-order valence-corrected chi connectivity index (χ3v) is 2.61. The summed E-state index contributed by atoms with van der Waals surface area (Å²) in [4.78, 5) is 11.3. The number of carbonyl (C=O) groups excluding carboxylic acids is 1. The quantitative estimate of drug-likeness (QED) is 0.720. The summed E-state index contributed by atoms with van der Waals surface area (Å²) >= 11 is 0. The number of nitrogens with two attached hydrogens (primary N) is 1. The van der Waals surface area contributed by atoms with E-state index in [-0.39, 0.29) is 18.2 Å². The van der Waals surface area contributed by atoms with Crippen molar-refractivity contribution in [3.05, 3.63) is 0 Å². The first kappa shape index (κ1) is 11.3. The minimum atomic E-state index is -0.314. The molecule has 1 aliphatic rings. The Morgan fingerprint density at radius 1 is 1.57 bits per heavy atom. The average Bonchev–Trinajstić information content (AvgIpc) is 2.50. The van der Waals surface area contributed by atoms with Crippen LogP contribution in [0.4, 0.5) is 4.79 Å². The molecule has 3 N–H and O–H groups in total. The number of rotatable bonds is 3. The molecule has 0 radical (unpaired) electrons. The molecule has 1 fully saturated rings. The lowest BCUT2D eigenvalue weighted by molar-refractivity contribution is 0.110. The summed E-state index contributed by atoms with van der Waals surface area (Å²) in [6.45, 7) is 4.33. The molecule has 0 bridgehead atoms. The van der Waals surface area contributed by atoms with Gasteiger partial charge in [0.15, 0.2) is 0 Å². The molecule has 4 heteroatoms. The van der Waals surface area contributed by atoms with Crippen molar-refractivity contribution in [1.82, 2.24) is 5.32 Å². The minimum Gasteiger partial charge on any atom is -0.447 e. The highest BCUT2D eigenvalue weighted by atomic mass is 16.6. The summed E-state index contributed by atoms with van der Waals surface area (Å²) in [6, 6.07) is 0.214. The van der Waals surface area contributed by atoms with Crippen molar-refractivity contribution in [2.24, 2.45) is 11.7 Å². The zero-order chi connectivity index (χ0) is 10.6. The summed E-state index contributed by atoms with van der Waals surface area (Å²) in [5.41, 5.74) is 5.61. The van der Waals surface area contributed by atoms with Crippen LogP contribution in [0.25, 0.3) is 0 Å². The highest BCUT2D eigenvalue weighted by molar-refractivity contribution is 5.67. The third kappa shape index (κ3) is 3.18. The van der Waals surface area contributed by atoms with Gasteiger partial charge in [-0.3, -0.25) is 0 Å². The Morgan fingerprint density at radius 2 is 2.29 bits per heavy atom. The molecule has 0 saturated heterocycles. The first-order valence-corrected chi connectivity index (χ1v) is 5.30. The van der Waals surface area contributed by atoms with Gasteiger partial charge < -0.3 is 15.8 Å². The fraction of sp³-hybridized carbons (Fsp3) is 0.900. The maximum atomic E-state index is 11.3. The van der Waals surface area contributed by atoms with Crippen LogP contribution in [-0.4, -0.2) is 24.8 Å². The molecule has 0 aromatic rings. The summed E-state index contributed by atoms with van der Waals surface area (Å²) < 4.78 is 5.01.